The molecule has 0 aromatic heterocycles. The SMILES string of the molecule is CC1(C)CN(C(=O)Nc2ccccc2)C2(S1)C(=O)N(Cc1ccccc1)c1ccccc12. The van der Waals surface area contributed by atoms with Crippen molar-refractivity contribution in [2.45, 2.75) is 30.0 Å². The van der Waals surface area contributed by atoms with Crippen molar-refractivity contribution in [1.82, 2.24) is 4.90 Å². The first-order valence-electron chi connectivity index (χ1n) is 10.7. The fraction of sp³-hybridized carbons (Fsp3) is 0.231. The van der Waals surface area contributed by atoms with Gasteiger partial charge in [-0.25, -0.2) is 4.79 Å². The van der Waals surface area contributed by atoms with Crippen LogP contribution < -0.4 is 10.2 Å². The van der Waals surface area contributed by atoms with E-state index < -0.39 is 4.87 Å². The number of nitrogens with zero attached hydrogens (tertiary/aromatic N) is 2. The normalized spacial score (nSPS) is 21.1. The molecule has 2 aliphatic heterocycles. The molecular weight excluding hydrogens is 418 g/mol. The summed E-state index contributed by atoms with van der Waals surface area (Å²) >= 11 is 1.56. The average Bonchev–Trinajstić information content (AvgIpc) is 3.22. The number of hydrogen-bond donors (Lipinski definition) is 1. The van der Waals surface area contributed by atoms with Crippen LogP contribution in [0.15, 0.2) is 84.9 Å². The summed E-state index contributed by atoms with van der Waals surface area (Å²) < 4.78 is -0.278. The Balaban J connectivity index is 1.57. The van der Waals surface area contributed by atoms with Crippen molar-refractivity contribution in [3.05, 3.63) is 96.1 Å². The van der Waals surface area contributed by atoms with Gasteiger partial charge < -0.3 is 10.2 Å². The molecule has 1 saturated heterocycles. The lowest BCUT2D eigenvalue weighted by molar-refractivity contribution is -0.123. The molecular formula is C26H25N3O2S. The van der Waals surface area contributed by atoms with Gasteiger partial charge in [0.1, 0.15) is 0 Å². The van der Waals surface area contributed by atoms with Gasteiger partial charge in [0.25, 0.3) is 5.91 Å². The van der Waals surface area contributed by atoms with E-state index in [-0.39, 0.29) is 16.7 Å². The Hall–Kier alpha value is -3.25. The first-order chi connectivity index (χ1) is 15.4. The van der Waals surface area contributed by atoms with Gasteiger partial charge in [-0.1, -0.05) is 66.7 Å². The van der Waals surface area contributed by atoms with Gasteiger partial charge in [-0.15, -0.1) is 11.8 Å². The number of benzene rings is 3. The number of carbonyl (C=O) groups is 2. The minimum Gasteiger partial charge on any atom is -0.308 e. The van der Waals surface area contributed by atoms with E-state index >= 15 is 0 Å². The second-order valence-electron chi connectivity index (χ2n) is 8.78. The highest BCUT2D eigenvalue weighted by atomic mass is 32.2. The third-order valence-corrected chi connectivity index (χ3v) is 7.48. The van der Waals surface area contributed by atoms with E-state index in [0.717, 1.165) is 16.8 Å². The van der Waals surface area contributed by atoms with Crippen LogP contribution >= 0.6 is 11.8 Å². The van der Waals surface area contributed by atoms with Crippen LogP contribution in [0.1, 0.15) is 25.0 Å². The third kappa shape index (κ3) is 3.35. The minimum absolute atomic E-state index is 0.0682. The highest BCUT2D eigenvalue weighted by Crippen LogP contribution is 2.59. The van der Waals surface area contributed by atoms with Crippen molar-refractivity contribution in [3.8, 4) is 0 Å². The van der Waals surface area contributed by atoms with Crippen molar-refractivity contribution in [2.24, 2.45) is 0 Å². The maximum absolute atomic E-state index is 14.1. The third-order valence-electron chi connectivity index (χ3n) is 5.89. The number of nitrogens with one attached hydrogen (secondary N) is 1. The van der Waals surface area contributed by atoms with Crippen molar-refractivity contribution >= 4 is 35.1 Å². The topological polar surface area (TPSA) is 52.7 Å². The van der Waals surface area contributed by atoms with Gasteiger partial charge in [0.05, 0.1) is 12.2 Å². The standard InChI is InChI=1S/C26H25N3O2S/c1-25(2)18-29(24(31)27-20-13-7-4-8-14-20)26(32-25)21-15-9-10-16-22(21)28(23(26)30)17-19-11-5-3-6-12-19/h3-16H,17-18H2,1-2H3,(H,27,31). The smallest absolute Gasteiger partial charge is 0.308 e. The van der Waals surface area contributed by atoms with Crippen LogP contribution in [0.4, 0.5) is 16.2 Å². The summed E-state index contributed by atoms with van der Waals surface area (Å²) in [4.78, 5) is 30.1. The summed E-state index contributed by atoms with van der Waals surface area (Å²) in [5.74, 6) is -0.0682. The number of fused-ring (bicyclic) bond motifs is 2. The van der Waals surface area contributed by atoms with Crippen LogP contribution in [0.2, 0.25) is 0 Å². The quantitative estimate of drug-likeness (QED) is 0.586. The summed E-state index contributed by atoms with van der Waals surface area (Å²) in [6, 6.07) is 26.9. The van der Waals surface area contributed by atoms with Gasteiger partial charge in [0.2, 0.25) is 0 Å². The molecule has 0 aliphatic carbocycles. The summed E-state index contributed by atoms with van der Waals surface area (Å²) in [6.07, 6.45) is 0. The zero-order valence-corrected chi connectivity index (χ0v) is 18.9. The molecule has 32 heavy (non-hydrogen) atoms. The maximum Gasteiger partial charge on any atom is 0.323 e. The second kappa shape index (κ2) is 7.71. The molecule has 1 spiro atoms. The average molecular weight is 444 g/mol. The zero-order chi connectivity index (χ0) is 22.3. The number of carbonyl (C=O) groups excluding carboxylic acids is 2. The summed E-state index contributed by atoms with van der Waals surface area (Å²) in [5.41, 5.74) is 3.50. The van der Waals surface area contributed by atoms with Gasteiger partial charge >= 0.3 is 6.03 Å². The van der Waals surface area contributed by atoms with Crippen LogP contribution in [0.5, 0.6) is 0 Å². The Morgan fingerprint density at radius 3 is 2.28 bits per heavy atom. The molecule has 3 aromatic carbocycles. The van der Waals surface area contributed by atoms with Gasteiger partial charge in [-0.05, 0) is 37.6 Å². The molecule has 0 radical (unpaired) electrons. The Morgan fingerprint density at radius 1 is 0.938 bits per heavy atom. The molecule has 162 valence electrons. The summed E-state index contributed by atoms with van der Waals surface area (Å²) in [5, 5.41) is 2.99. The molecule has 5 nitrogen and oxygen atoms in total. The molecule has 0 saturated carbocycles. The van der Waals surface area contributed by atoms with Crippen molar-refractivity contribution < 1.29 is 9.59 Å². The zero-order valence-electron chi connectivity index (χ0n) is 18.1. The Morgan fingerprint density at radius 2 is 1.56 bits per heavy atom. The molecule has 1 atom stereocenters. The van der Waals surface area contributed by atoms with E-state index in [9.17, 15) is 9.59 Å². The first-order valence-corrected chi connectivity index (χ1v) is 11.5. The molecule has 0 bridgehead atoms. The molecule has 6 heteroatoms. The summed E-state index contributed by atoms with van der Waals surface area (Å²) in [7, 11) is 0. The lowest BCUT2D eigenvalue weighted by Gasteiger charge is -2.33. The number of urea groups is 1. The van der Waals surface area contributed by atoms with Gasteiger partial charge in [-0.2, -0.15) is 0 Å². The van der Waals surface area contributed by atoms with E-state index in [1.54, 1.807) is 16.7 Å². The largest absolute Gasteiger partial charge is 0.323 e. The number of anilines is 2. The second-order valence-corrected chi connectivity index (χ2v) is 10.7. The van der Waals surface area contributed by atoms with Crippen LogP contribution in [0, 0.1) is 0 Å². The molecule has 3 amide bonds. The highest BCUT2D eigenvalue weighted by Gasteiger charge is 2.63. The molecule has 2 aliphatic rings. The Kier molecular flexibility index (Phi) is 4.97. The van der Waals surface area contributed by atoms with E-state index in [0.29, 0.717) is 18.8 Å². The molecule has 5 rings (SSSR count). The van der Waals surface area contributed by atoms with Gasteiger partial charge in [-0.3, -0.25) is 9.69 Å². The summed E-state index contributed by atoms with van der Waals surface area (Å²) in [6.45, 7) is 5.11. The minimum atomic E-state index is -1.09. The molecule has 1 N–H and O–H groups in total. The van der Waals surface area contributed by atoms with E-state index in [1.165, 1.54) is 0 Å². The van der Waals surface area contributed by atoms with Crippen molar-refractivity contribution in [2.75, 3.05) is 16.8 Å². The van der Waals surface area contributed by atoms with E-state index in [4.69, 9.17) is 0 Å². The molecule has 1 fully saturated rings. The maximum atomic E-state index is 14.1. The number of hydrogen-bond acceptors (Lipinski definition) is 3. The molecule has 2 heterocycles. The van der Waals surface area contributed by atoms with Crippen LogP contribution in [-0.4, -0.2) is 28.1 Å². The Bertz CT molecular complexity index is 1170. The predicted octanol–water partition coefficient (Wildman–Crippen LogP) is 5.45. The fourth-order valence-electron chi connectivity index (χ4n) is 4.59. The molecule has 1 unspecified atom stereocenters. The van der Waals surface area contributed by atoms with Crippen molar-refractivity contribution in [1.29, 1.82) is 0 Å². The lowest BCUT2D eigenvalue weighted by Crippen LogP contribution is -2.51. The predicted molar refractivity (Wildman–Crippen MR) is 130 cm³/mol. The van der Waals surface area contributed by atoms with E-state index in [1.807, 2.05) is 89.8 Å². The molecule has 3 aromatic rings. The monoisotopic (exact) mass is 443 g/mol. The van der Waals surface area contributed by atoms with Gasteiger partial charge in [0.15, 0.2) is 4.87 Å². The number of amides is 3. The Labute approximate surface area is 192 Å². The number of thioether (sulfide) groups is 1. The number of rotatable bonds is 3. The first kappa shape index (κ1) is 20.6. The van der Waals surface area contributed by atoms with Crippen molar-refractivity contribution in [3.63, 3.8) is 0 Å². The van der Waals surface area contributed by atoms with Crippen LogP contribution in [-0.2, 0) is 16.2 Å². The van der Waals surface area contributed by atoms with Gasteiger partial charge in [0, 0.05) is 22.5 Å². The number of para-hydroxylation sites is 2. The highest BCUT2D eigenvalue weighted by molar-refractivity contribution is 8.02. The van der Waals surface area contributed by atoms with E-state index in [2.05, 4.69) is 19.2 Å². The lowest BCUT2D eigenvalue weighted by atomic mass is 10.1. The van der Waals surface area contributed by atoms with Crippen LogP contribution in [0.25, 0.3) is 0 Å². The van der Waals surface area contributed by atoms with Crippen LogP contribution in [0.3, 0.4) is 0 Å². The fourth-order valence-corrected chi connectivity index (χ4v) is 6.32.